The Hall–Kier alpha value is -1.61. The SMILES string of the molecule is CC1(C)[C@@H](N)[C@@H]1c1cnn(Cc2ccccc2)c1. The predicted octanol–water partition coefficient (Wildman–Crippen LogP) is 2.38. The highest BCUT2D eigenvalue weighted by Gasteiger charge is 2.56. The summed E-state index contributed by atoms with van der Waals surface area (Å²) in [4.78, 5) is 0. The van der Waals surface area contributed by atoms with Crippen LogP contribution in [-0.4, -0.2) is 15.8 Å². The van der Waals surface area contributed by atoms with Crippen molar-refractivity contribution in [3.05, 3.63) is 53.9 Å². The smallest absolute Gasteiger partial charge is 0.0659 e. The number of benzene rings is 1. The molecule has 0 bridgehead atoms. The summed E-state index contributed by atoms with van der Waals surface area (Å²) in [6.45, 7) is 5.26. The Morgan fingerprint density at radius 2 is 1.94 bits per heavy atom. The van der Waals surface area contributed by atoms with E-state index in [9.17, 15) is 0 Å². The predicted molar refractivity (Wildman–Crippen MR) is 72.3 cm³/mol. The van der Waals surface area contributed by atoms with E-state index in [2.05, 4.69) is 49.4 Å². The maximum atomic E-state index is 6.10. The Balaban J connectivity index is 1.75. The van der Waals surface area contributed by atoms with Crippen molar-refractivity contribution < 1.29 is 0 Å². The van der Waals surface area contributed by atoms with Crippen LogP contribution in [0.15, 0.2) is 42.7 Å². The molecule has 1 saturated carbocycles. The second-order valence-electron chi connectivity index (χ2n) is 5.78. The maximum absolute atomic E-state index is 6.10. The fourth-order valence-corrected chi connectivity index (χ4v) is 2.71. The van der Waals surface area contributed by atoms with E-state index in [1.165, 1.54) is 11.1 Å². The monoisotopic (exact) mass is 241 g/mol. The van der Waals surface area contributed by atoms with E-state index in [0.717, 1.165) is 6.54 Å². The Morgan fingerprint density at radius 3 is 2.56 bits per heavy atom. The Bertz CT molecular complexity index is 542. The molecule has 0 radical (unpaired) electrons. The molecule has 1 heterocycles. The van der Waals surface area contributed by atoms with Gasteiger partial charge in [0.1, 0.15) is 0 Å². The topological polar surface area (TPSA) is 43.8 Å². The van der Waals surface area contributed by atoms with Crippen molar-refractivity contribution in [3.8, 4) is 0 Å². The second kappa shape index (κ2) is 3.95. The largest absolute Gasteiger partial charge is 0.327 e. The molecule has 1 fully saturated rings. The molecule has 1 aromatic carbocycles. The molecule has 3 nitrogen and oxygen atoms in total. The summed E-state index contributed by atoms with van der Waals surface area (Å²) in [6, 6.07) is 10.7. The lowest BCUT2D eigenvalue weighted by atomic mass is 10.1. The van der Waals surface area contributed by atoms with Crippen molar-refractivity contribution in [2.45, 2.75) is 32.4 Å². The van der Waals surface area contributed by atoms with E-state index >= 15 is 0 Å². The summed E-state index contributed by atoms with van der Waals surface area (Å²) >= 11 is 0. The molecule has 0 aliphatic heterocycles. The van der Waals surface area contributed by atoms with Crippen molar-refractivity contribution in [2.75, 3.05) is 0 Å². The Kier molecular flexibility index (Phi) is 2.52. The molecule has 0 amide bonds. The Morgan fingerprint density at radius 1 is 1.28 bits per heavy atom. The molecule has 1 aliphatic rings. The number of nitrogens with zero attached hydrogens (tertiary/aromatic N) is 2. The van der Waals surface area contributed by atoms with Crippen LogP contribution in [0.5, 0.6) is 0 Å². The van der Waals surface area contributed by atoms with Crippen LogP contribution in [0.25, 0.3) is 0 Å². The van der Waals surface area contributed by atoms with Gasteiger partial charge in [-0.1, -0.05) is 44.2 Å². The standard InChI is InChI=1S/C15H19N3/c1-15(2)13(14(15)16)12-8-17-18(10-12)9-11-6-4-3-5-7-11/h3-8,10,13-14H,9,16H2,1-2H3/t13-,14-/m0/s1. The van der Waals surface area contributed by atoms with Gasteiger partial charge in [-0.25, -0.2) is 0 Å². The van der Waals surface area contributed by atoms with Gasteiger partial charge < -0.3 is 5.73 Å². The normalized spacial score (nSPS) is 25.1. The lowest BCUT2D eigenvalue weighted by Crippen LogP contribution is -2.06. The van der Waals surface area contributed by atoms with E-state index in [1.54, 1.807) is 0 Å². The van der Waals surface area contributed by atoms with Gasteiger partial charge in [0.15, 0.2) is 0 Å². The van der Waals surface area contributed by atoms with Gasteiger partial charge in [0.05, 0.1) is 12.7 Å². The number of aromatic nitrogens is 2. The maximum Gasteiger partial charge on any atom is 0.0659 e. The van der Waals surface area contributed by atoms with Crippen LogP contribution in [0.3, 0.4) is 0 Å². The average molecular weight is 241 g/mol. The zero-order valence-electron chi connectivity index (χ0n) is 10.9. The van der Waals surface area contributed by atoms with Crippen LogP contribution in [0, 0.1) is 5.41 Å². The molecule has 1 aliphatic carbocycles. The van der Waals surface area contributed by atoms with E-state index in [4.69, 9.17) is 5.73 Å². The molecule has 0 unspecified atom stereocenters. The highest BCUT2D eigenvalue weighted by atomic mass is 15.3. The lowest BCUT2D eigenvalue weighted by molar-refractivity contribution is 0.598. The molecular weight excluding hydrogens is 222 g/mol. The van der Waals surface area contributed by atoms with Crippen molar-refractivity contribution in [2.24, 2.45) is 11.1 Å². The van der Waals surface area contributed by atoms with Gasteiger partial charge in [0, 0.05) is 18.2 Å². The van der Waals surface area contributed by atoms with Gasteiger partial charge in [-0.2, -0.15) is 5.10 Å². The highest BCUT2D eigenvalue weighted by molar-refractivity contribution is 5.31. The van der Waals surface area contributed by atoms with E-state index in [0.29, 0.717) is 5.92 Å². The van der Waals surface area contributed by atoms with Crippen LogP contribution in [0.2, 0.25) is 0 Å². The fourth-order valence-electron chi connectivity index (χ4n) is 2.71. The first-order chi connectivity index (χ1) is 8.59. The molecule has 94 valence electrons. The number of hydrogen-bond donors (Lipinski definition) is 1. The summed E-state index contributed by atoms with van der Waals surface area (Å²) in [5, 5.41) is 4.43. The van der Waals surface area contributed by atoms with Gasteiger partial charge in [-0.05, 0) is 16.5 Å². The molecule has 0 spiro atoms. The first-order valence-electron chi connectivity index (χ1n) is 6.41. The first-order valence-corrected chi connectivity index (χ1v) is 6.41. The van der Waals surface area contributed by atoms with Gasteiger partial charge in [0.25, 0.3) is 0 Å². The third kappa shape index (κ3) is 1.85. The zero-order valence-corrected chi connectivity index (χ0v) is 10.9. The average Bonchev–Trinajstić information content (AvgIpc) is 2.71. The second-order valence-corrected chi connectivity index (χ2v) is 5.78. The molecule has 2 atom stereocenters. The van der Waals surface area contributed by atoms with Gasteiger partial charge in [-0.15, -0.1) is 0 Å². The van der Waals surface area contributed by atoms with E-state index < -0.39 is 0 Å². The quantitative estimate of drug-likeness (QED) is 0.896. The minimum atomic E-state index is 0.223. The molecule has 0 saturated heterocycles. The molecule has 3 rings (SSSR count). The van der Waals surface area contributed by atoms with E-state index in [-0.39, 0.29) is 11.5 Å². The van der Waals surface area contributed by atoms with Crippen LogP contribution < -0.4 is 5.73 Å². The van der Waals surface area contributed by atoms with Crippen LogP contribution in [0.4, 0.5) is 0 Å². The van der Waals surface area contributed by atoms with Crippen molar-refractivity contribution >= 4 is 0 Å². The third-order valence-electron chi connectivity index (χ3n) is 4.11. The number of nitrogens with two attached hydrogens (primary N) is 1. The van der Waals surface area contributed by atoms with E-state index in [1.807, 2.05) is 16.9 Å². The first kappa shape index (κ1) is 11.5. The van der Waals surface area contributed by atoms with Crippen LogP contribution in [-0.2, 0) is 6.54 Å². The lowest BCUT2D eigenvalue weighted by Gasteiger charge is -2.01. The van der Waals surface area contributed by atoms with Gasteiger partial charge >= 0.3 is 0 Å². The highest BCUT2D eigenvalue weighted by Crippen LogP contribution is 2.57. The molecule has 3 heteroatoms. The molecule has 18 heavy (non-hydrogen) atoms. The van der Waals surface area contributed by atoms with Gasteiger partial charge in [0.2, 0.25) is 0 Å². The molecule has 2 aromatic rings. The molecular formula is C15H19N3. The summed E-state index contributed by atoms with van der Waals surface area (Å²) in [5.41, 5.74) is 8.86. The summed E-state index contributed by atoms with van der Waals surface area (Å²) in [7, 11) is 0. The summed E-state index contributed by atoms with van der Waals surface area (Å²) in [5.74, 6) is 0.460. The summed E-state index contributed by atoms with van der Waals surface area (Å²) in [6.07, 6.45) is 4.09. The summed E-state index contributed by atoms with van der Waals surface area (Å²) < 4.78 is 1.99. The van der Waals surface area contributed by atoms with Crippen molar-refractivity contribution in [1.29, 1.82) is 0 Å². The van der Waals surface area contributed by atoms with Crippen molar-refractivity contribution in [1.82, 2.24) is 9.78 Å². The zero-order chi connectivity index (χ0) is 12.8. The fraction of sp³-hybridized carbons (Fsp3) is 0.400. The number of hydrogen-bond acceptors (Lipinski definition) is 2. The number of rotatable bonds is 3. The minimum absolute atomic E-state index is 0.223. The minimum Gasteiger partial charge on any atom is -0.327 e. The van der Waals surface area contributed by atoms with Gasteiger partial charge in [-0.3, -0.25) is 4.68 Å². The van der Waals surface area contributed by atoms with Crippen LogP contribution >= 0.6 is 0 Å². The molecule has 1 aromatic heterocycles. The molecule has 2 N–H and O–H groups in total. The van der Waals surface area contributed by atoms with Crippen LogP contribution in [0.1, 0.15) is 30.9 Å². The van der Waals surface area contributed by atoms with Crippen molar-refractivity contribution in [3.63, 3.8) is 0 Å². The third-order valence-corrected chi connectivity index (χ3v) is 4.11. The Labute approximate surface area is 108 Å².